The smallest absolute Gasteiger partial charge is 0.254 e. The Kier molecular flexibility index (Phi) is 5.19. The molecule has 0 bridgehead atoms. The van der Waals surface area contributed by atoms with Crippen molar-refractivity contribution in [2.24, 2.45) is 7.05 Å². The average Bonchev–Trinajstić information content (AvgIpc) is 3.24. The van der Waals surface area contributed by atoms with E-state index in [9.17, 15) is 4.79 Å². The molecule has 6 nitrogen and oxygen atoms in total. The number of fused-ring (bicyclic) bond motifs is 1. The lowest BCUT2D eigenvalue weighted by Crippen LogP contribution is -2.33. The number of ether oxygens (including phenoxy) is 1. The Bertz CT molecular complexity index is 865. The Balaban J connectivity index is 1.89. The first-order chi connectivity index (χ1) is 12.1. The lowest BCUT2D eigenvalue weighted by molar-refractivity contribution is 0.0682. The van der Waals surface area contributed by atoms with Gasteiger partial charge in [-0.25, -0.2) is 0 Å². The molecule has 0 fully saturated rings. The molecule has 2 heterocycles. The third kappa shape index (κ3) is 3.58. The maximum Gasteiger partial charge on any atom is 0.254 e. The van der Waals surface area contributed by atoms with Gasteiger partial charge in [0.05, 0.1) is 12.8 Å². The number of nitrogens with zero attached hydrogens (tertiary/aromatic N) is 4. The second-order valence-electron chi connectivity index (χ2n) is 6.09. The fraction of sp³-hybridized carbons (Fsp3) is 0.368. The molecule has 3 rings (SSSR count). The van der Waals surface area contributed by atoms with Crippen molar-refractivity contribution in [3.8, 4) is 0 Å². The first kappa shape index (κ1) is 17.2. The maximum atomic E-state index is 13.2. The van der Waals surface area contributed by atoms with Crippen LogP contribution in [0.5, 0.6) is 0 Å². The van der Waals surface area contributed by atoms with E-state index in [1.807, 2.05) is 71.0 Å². The summed E-state index contributed by atoms with van der Waals surface area (Å²) >= 11 is 0. The van der Waals surface area contributed by atoms with Gasteiger partial charge in [-0.2, -0.15) is 5.10 Å². The largest absolute Gasteiger partial charge is 0.383 e. The van der Waals surface area contributed by atoms with Crippen LogP contribution >= 0.6 is 0 Å². The first-order valence-corrected chi connectivity index (χ1v) is 8.47. The summed E-state index contributed by atoms with van der Waals surface area (Å²) in [6, 6.07) is 7.84. The van der Waals surface area contributed by atoms with Crippen LogP contribution in [0.15, 0.2) is 42.9 Å². The molecule has 1 aromatic carbocycles. The minimum absolute atomic E-state index is 0.0121. The lowest BCUT2D eigenvalue weighted by Gasteiger charge is -2.22. The summed E-state index contributed by atoms with van der Waals surface area (Å²) in [5, 5.41) is 5.27. The summed E-state index contributed by atoms with van der Waals surface area (Å²) in [4.78, 5) is 15.0. The summed E-state index contributed by atoms with van der Waals surface area (Å²) < 4.78 is 9.09. The quantitative estimate of drug-likeness (QED) is 0.664. The molecule has 0 aliphatic heterocycles. The normalized spacial score (nSPS) is 11.2. The molecule has 0 saturated carbocycles. The standard InChI is InChI=1S/C19H24N4O2/c1-4-23-14-15(12-20-23)13-22(10-11-25-3)19(24)17-6-5-7-18-16(17)8-9-21(18)2/h5-9,12,14H,4,10-11,13H2,1-3H3. The SMILES string of the molecule is CCn1cc(CN(CCOC)C(=O)c2cccc3c2ccn3C)cn1. The van der Waals surface area contributed by atoms with Gasteiger partial charge in [-0.3, -0.25) is 9.48 Å². The maximum absolute atomic E-state index is 13.2. The van der Waals surface area contributed by atoms with Gasteiger partial charge in [0.2, 0.25) is 0 Å². The van der Waals surface area contributed by atoms with Gasteiger partial charge < -0.3 is 14.2 Å². The van der Waals surface area contributed by atoms with E-state index in [4.69, 9.17) is 4.74 Å². The molecule has 0 saturated heterocycles. The molecule has 0 N–H and O–H groups in total. The number of carbonyl (C=O) groups is 1. The molecule has 25 heavy (non-hydrogen) atoms. The first-order valence-electron chi connectivity index (χ1n) is 8.47. The molecule has 0 aliphatic carbocycles. The molecule has 0 atom stereocenters. The van der Waals surface area contributed by atoms with E-state index in [0.29, 0.717) is 19.7 Å². The van der Waals surface area contributed by atoms with Gasteiger partial charge in [0.25, 0.3) is 5.91 Å². The number of hydrogen-bond acceptors (Lipinski definition) is 3. The molecule has 2 aromatic heterocycles. The Morgan fingerprint density at radius 3 is 2.88 bits per heavy atom. The third-order valence-corrected chi connectivity index (χ3v) is 4.40. The Morgan fingerprint density at radius 2 is 2.16 bits per heavy atom. The van der Waals surface area contributed by atoms with Crippen molar-refractivity contribution in [1.82, 2.24) is 19.2 Å². The van der Waals surface area contributed by atoms with Crippen molar-refractivity contribution >= 4 is 16.8 Å². The number of amides is 1. The zero-order valence-electron chi connectivity index (χ0n) is 15.0. The highest BCUT2D eigenvalue weighted by molar-refractivity contribution is 6.06. The highest BCUT2D eigenvalue weighted by Crippen LogP contribution is 2.21. The van der Waals surface area contributed by atoms with Crippen LogP contribution in [0.25, 0.3) is 10.9 Å². The summed E-state index contributed by atoms with van der Waals surface area (Å²) in [6.45, 7) is 4.41. The molecule has 0 spiro atoms. The van der Waals surface area contributed by atoms with Crippen LogP contribution in [0, 0.1) is 0 Å². The van der Waals surface area contributed by atoms with Crippen LogP contribution in [-0.4, -0.2) is 45.4 Å². The summed E-state index contributed by atoms with van der Waals surface area (Å²) in [5.74, 6) is 0.0121. The molecule has 0 aliphatic rings. The van der Waals surface area contributed by atoms with Crippen molar-refractivity contribution in [3.05, 3.63) is 54.0 Å². The van der Waals surface area contributed by atoms with Gasteiger partial charge in [-0.1, -0.05) is 6.07 Å². The van der Waals surface area contributed by atoms with Crippen molar-refractivity contribution in [2.45, 2.75) is 20.0 Å². The predicted octanol–water partition coefficient (Wildman–Crippen LogP) is 2.68. The molecular weight excluding hydrogens is 316 g/mol. The van der Waals surface area contributed by atoms with E-state index in [1.54, 1.807) is 7.11 Å². The summed E-state index contributed by atoms with van der Waals surface area (Å²) in [7, 11) is 3.63. The number of methoxy groups -OCH3 is 1. The van der Waals surface area contributed by atoms with E-state index in [1.165, 1.54) is 0 Å². The Morgan fingerprint density at radius 1 is 1.32 bits per heavy atom. The Labute approximate surface area is 147 Å². The molecule has 1 amide bonds. The summed E-state index contributed by atoms with van der Waals surface area (Å²) in [6.07, 6.45) is 5.78. The van der Waals surface area contributed by atoms with Crippen molar-refractivity contribution in [1.29, 1.82) is 0 Å². The second kappa shape index (κ2) is 7.53. The molecular formula is C19H24N4O2. The highest BCUT2D eigenvalue weighted by atomic mass is 16.5. The van der Waals surface area contributed by atoms with Crippen molar-refractivity contribution in [2.75, 3.05) is 20.3 Å². The van der Waals surface area contributed by atoms with E-state index in [-0.39, 0.29) is 5.91 Å². The monoisotopic (exact) mass is 340 g/mol. The van der Waals surface area contributed by atoms with Crippen molar-refractivity contribution < 1.29 is 9.53 Å². The van der Waals surface area contributed by atoms with Crippen LogP contribution in [0.4, 0.5) is 0 Å². The Hall–Kier alpha value is -2.60. The van der Waals surface area contributed by atoms with Crippen molar-refractivity contribution in [3.63, 3.8) is 0 Å². The number of hydrogen-bond donors (Lipinski definition) is 0. The topological polar surface area (TPSA) is 52.3 Å². The van der Waals surface area contributed by atoms with E-state index >= 15 is 0 Å². The number of aryl methyl sites for hydroxylation is 2. The van der Waals surface area contributed by atoms with E-state index in [0.717, 1.165) is 28.6 Å². The fourth-order valence-corrected chi connectivity index (χ4v) is 2.99. The average molecular weight is 340 g/mol. The minimum Gasteiger partial charge on any atom is -0.383 e. The molecule has 3 aromatic rings. The van der Waals surface area contributed by atoms with Gasteiger partial charge in [0.1, 0.15) is 0 Å². The number of carbonyl (C=O) groups excluding carboxylic acids is 1. The van der Waals surface area contributed by atoms with Gasteiger partial charge in [0, 0.05) is 68.2 Å². The van der Waals surface area contributed by atoms with Crippen LogP contribution in [0.3, 0.4) is 0 Å². The van der Waals surface area contributed by atoms with Crippen LogP contribution in [-0.2, 0) is 24.9 Å². The number of aromatic nitrogens is 3. The van der Waals surface area contributed by atoms with E-state index in [2.05, 4.69) is 5.10 Å². The lowest BCUT2D eigenvalue weighted by atomic mass is 10.1. The van der Waals surface area contributed by atoms with Gasteiger partial charge >= 0.3 is 0 Å². The molecule has 6 heteroatoms. The fourth-order valence-electron chi connectivity index (χ4n) is 2.99. The number of rotatable bonds is 7. The van der Waals surface area contributed by atoms with Gasteiger partial charge in [0.15, 0.2) is 0 Å². The van der Waals surface area contributed by atoms with Crippen LogP contribution < -0.4 is 0 Å². The van der Waals surface area contributed by atoms with Crippen LogP contribution in [0.1, 0.15) is 22.8 Å². The van der Waals surface area contributed by atoms with E-state index < -0.39 is 0 Å². The van der Waals surface area contributed by atoms with Gasteiger partial charge in [-0.15, -0.1) is 0 Å². The van der Waals surface area contributed by atoms with Crippen LogP contribution in [0.2, 0.25) is 0 Å². The minimum atomic E-state index is 0.0121. The molecule has 0 radical (unpaired) electrons. The predicted molar refractivity (Wildman–Crippen MR) is 97.4 cm³/mol. The zero-order chi connectivity index (χ0) is 17.8. The summed E-state index contributed by atoms with van der Waals surface area (Å²) in [5.41, 5.74) is 2.79. The molecule has 0 unspecified atom stereocenters. The zero-order valence-corrected chi connectivity index (χ0v) is 15.0. The molecule has 132 valence electrons. The highest BCUT2D eigenvalue weighted by Gasteiger charge is 2.19. The third-order valence-electron chi connectivity index (χ3n) is 4.40. The van der Waals surface area contributed by atoms with Gasteiger partial charge in [-0.05, 0) is 25.1 Å². The number of benzene rings is 1. The second-order valence-corrected chi connectivity index (χ2v) is 6.09.